The zero-order valence-corrected chi connectivity index (χ0v) is 23.9. The third kappa shape index (κ3) is 9.38. The Morgan fingerprint density at radius 2 is 1.49 bits per heavy atom. The van der Waals surface area contributed by atoms with Gasteiger partial charge in [-0.15, -0.1) is 0 Å². The van der Waals surface area contributed by atoms with Gasteiger partial charge in [0.25, 0.3) is 0 Å². The number of benzene rings is 3. The van der Waals surface area contributed by atoms with Crippen LogP contribution in [0.3, 0.4) is 0 Å². The lowest BCUT2D eigenvalue weighted by atomic mass is 10.1. The van der Waals surface area contributed by atoms with Crippen LogP contribution in [0, 0.1) is 0 Å². The van der Waals surface area contributed by atoms with Gasteiger partial charge in [-0.1, -0.05) is 66.2 Å². The first-order chi connectivity index (χ1) is 18.6. The minimum atomic E-state index is -3.71. The van der Waals surface area contributed by atoms with Gasteiger partial charge in [-0.3, -0.25) is 9.59 Å². The second kappa shape index (κ2) is 14.1. The van der Waals surface area contributed by atoms with Gasteiger partial charge in [0, 0.05) is 24.7 Å². The van der Waals surface area contributed by atoms with Crippen LogP contribution in [0.5, 0.6) is 5.75 Å². The van der Waals surface area contributed by atoms with Gasteiger partial charge in [-0.05, 0) is 54.3 Å². The van der Waals surface area contributed by atoms with E-state index >= 15 is 0 Å². The van der Waals surface area contributed by atoms with Crippen molar-refractivity contribution in [3.8, 4) is 5.75 Å². The molecule has 3 aromatic rings. The van der Waals surface area contributed by atoms with Crippen molar-refractivity contribution in [2.45, 2.75) is 32.5 Å². The van der Waals surface area contributed by atoms with E-state index in [2.05, 4.69) is 5.32 Å². The molecule has 2 amide bonds. The number of halogens is 1. The number of rotatable bonds is 13. The zero-order valence-electron chi connectivity index (χ0n) is 22.3. The summed E-state index contributed by atoms with van der Waals surface area (Å²) >= 11 is 6.02. The first-order valence-electron chi connectivity index (χ1n) is 12.5. The summed E-state index contributed by atoms with van der Waals surface area (Å²) in [4.78, 5) is 28.1. The summed E-state index contributed by atoms with van der Waals surface area (Å²) in [6, 6.07) is 22.7. The molecule has 0 spiro atoms. The Balaban J connectivity index is 1.74. The molecule has 0 fully saturated rings. The highest BCUT2D eigenvalue weighted by atomic mass is 35.5. The van der Waals surface area contributed by atoms with E-state index in [1.807, 2.05) is 42.5 Å². The summed E-state index contributed by atoms with van der Waals surface area (Å²) in [7, 11) is -2.11. The van der Waals surface area contributed by atoms with Crippen molar-refractivity contribution in [3.05, 3.63) is 101 Å². The van der Waals surface area contributed by atoms with Crippen LogP contribution in [-0.2, 0) is 39.1 Å². The zero-order chi connectivity index (χ0) is 28.4. The predicted molar refractivity (Wildman–Crippen MR) is 153 cm³/mol. The molecule has 10 heteroatoms. The molecular weight excluding hydrogens is 538 g/mol. The smallest absolute Gasteiger partial charge is 0.242 e. The lowest BCUT2D eigenvalue weighted by Crippen LogP contribution is -2.51. The standard InChI is InChI=1S/C29H34ClN3O5S/c1-22(29(35)31-18-17-23-11-15-27(38-2)16-12-23)33(20-25-9-13-26(30)14-10-25)28(34)21-32(39(3,36)37)19-24-7-5-4-6-8-24/h4-16,22H,17-21H2,1-3H3,(H,31,35)/t22-/m0/s1. The van der Waals surface area contributed by atoms with Crippen molar-refractivity contribution in [2.24, 2.45) is 0 Å². The molecule has 3 rings (SSSR count). The fourth-order valence-corrected chi connectivity index (χ4v) is 4.81. The van der Waals surface area contributed by atoms with E-state index in [-0.39, 0.29) is 19.0 Å². The van der Waals surface area contributed by atoms with Crippen LogP contribution in [0.15, 0.2) is 78.9 Å². The summed E-state index contributed by atoms with van der Waals surface area (Å²) in [5.41, 5.74) is 2.55. The number of nitrogens with zero attached hydrogens (tertiary/aromatic N) is 2. The van der Waals surface area contributed by atoms with Gasteiger partial charge in [-0.25, -0.2) is 8.42 Å². The molecule has 0 saturated heterocycles. The minimum Gasteiger partial charge on any atom is -0.497 e. The fourth-order valence-electron chi connectivity index (χ4n) is 3.96. The lowest BCUT2D eigenvalue weighted by Gasteiger charge is -2.31. The molecular formula is C29H34ClN3O5S. The largest absolute Gasteiger partial charge is 0.497 e. The Morgan fingerprint density at radius 1 is 0.897 bits per heavy atom. The quantitative estimate of drug-likeness (QED) is 0.336. The molecule has 0 saturated carbocycles. The van der Waals surface area contributed by atoms with Crippen LogP contribution < -0.4 is 10.1 Å². The van der Waals surface area contributed by atoms with Crippen molar-refractivity contribution >= 4 is 33.4 Å². The van der Waals surface area contributed by atoms with Crippen LogP contribution in [0.1, 0.15) is 23.6 Å². The van der Waals surface area contributed by atoms with Crippen molar-refractivity contribution < 1.29 is 22.7 Å². The maximum atomic E-state index is 13.6. The number of sulfonamides is 1. The van der Waals surface area contributed by atoms with Crippen molar-refractivity contribution in [1.82, 2.24) is 14.5 Å². The number of carbonyl (C=O) groups excluding carboxylic acids is 2. The molecule has 0 aliphatic heterocycles. The summed E-state index contributed by atoms with van der Waals surface area (Å²) in [6.07, 6.45) is 1.68. The maximum Gasteiger partial charge on any atom is 0.242 e. The number of amides is 2. The van der Waals surface area contributed by atoms with E-state index in [4.69, 9.17) is 16.3 Å². The van der Waals surface area contributed by atoms with E-state index in [1.54, 1.807) is 50.4 Å². The van der Waals surface area contributed by atoms with Gasteiger partial charge < -0.3 is 15.0 Å². The summed E-state index contributed by atoms with van der Waals surface area (Å²) in [5.74, 6) is -0.0629. The average molecular weight is 572 g/mol. The van der Waals surface area contributed by atoms with Crippen LogP contribution in [0.4, 0.5) is 0 Å². The molecule has 0 aliphatic carbocycles. The predicted octanol–water partition coefficient (Wildman–Crippen LogP) is 3.89. The van der Waals surface area contributed by atoms with Gasteiger partial charge in [-0.2, -0.15) is 4.31 Å². The first-order valence-corrected chi connectivity index (χ1v) is 14.7. The molecule has 0 aromatic heterocycles. The number of hydrogen-bond donors (Lipinski definition) is 1. The van der Waals surface area contributed by atoms with Gasteiger partial charge in [0.1, 0.15) is 11.8 Å². The number of hydrogen-bond acceptors (Lipinski definition) is 5. The Kier molecular flexibility index (Phi) is 10.9. The van der Waals surface area contributed by atoms with Crippen LogP contribution in [0.25, 0.3) is 0 Å². The maximum absolute atomic E-state index is 13.6. The lowest BCUT2D eigenvalue weighted by molar-refractivity contribution is -0.140. The van der Waals surface area contributed by atoms with Crippen molar-refractivity contribution in [2.75, 3.05) is 26.5 Å². The minimum absolute atomic E-state index is 0.0443. The average Bonchev–Trinajstić information content (AvgIpc) is 2.92. The number of nitrogens with one attached hydrogen (secondary N) is 1. The number of carbonyl (C=O) groups is 2. The highest BCUT2D eigenvalue weighted by Gasteiger charge is 2.29. The molecule has 0 aliphatic rings. The molecule has 208 valence electrons. The Morgan fingerprint density at radius 3 is 2.08 bits per heavy atom. The highest BCUT2D eigenvalue weighted by Crippen LogP contribution is 2.16. The van der Waals surface area contributed by atoms with E-state index in [0.29, 0.717) is 18.0 Å². The van der Waals surface area contributed by atoms with Crippen LogP contribution >= 0.6 is 11.6 Å². The van der Waals surface area contributed by atoms with Crippen LogP contribution in [0.2, 0.25) is 5.02 Å². The Hall–Kier alpha value is -3.40. The Labute approximate surface area is 235 Å². The van der Waals surface area contributed by atoms with Gasteiger partial charge in [0.2, 0.25) is 21.8 Å². The van der Waals surface area contributed by atoms with Crippen molar-refractivity contribution in [1.29, 1.82) is 0 Å². The SMILES string of the molecule is COc1ccc(CCNC(=O)[C@H](C)N(Cc2ccc(Cl)cc2)C(=O)CN(Cc2ccccc2)S(C)(=O)=O)cc1. The molecule has 8 nitrogen and oxygen atoms in total. The molecule has 0 heterocycles. The number of ether oxygens (including phenoxy) is 1. The van der Waals surface area contributed by atoms with Gasteiger partial charge in [0.05, 0.1) is 19.9 Å². The molecule has 0 bridgehead atoms. The number of methoxy groups -OCH3 is 1. The third-order valence-corrected chi connectivity index (χ3v) is 7.74. The second-order valence-corrected chi connectivity index (χ2v) is 11.6. The normalized spacial score (nSPS) is 12.1. The van der Waals surface area contributed by atoms with E-state index in [0.717, 1.165) is 33.0 Å². The monoisotopic (exact) mass is 571 g/mol. The van der Waals surface area contributed by atoms with Crippen molar-refractivity contribution in [3.63, 3.8) is 0 Å². The molecule has 3 aromatic carbocycles. The topological polar surface area (TPSA) is 96.0 Å². The molecule has 0 unspecified atom stereocenters. The molecule has 39 heavy (non-hydrogen) atoms. The van der Waals surface area contributed by atoms with Crippen LogP contribution in [-0.4, -0.2) is 61.9 Å². The van der Waals surface area contributed by atoms with E-state index in [1.165, 1.54) is 4.90 Å². The van der Waals surface area contributed by atoms with E-state index < -0.39 is 28.5 Å². The molecule has 1 atom stereocenters. The summed E-state index contributed by atoms with van der Waals surface area (Å²) < 4.78 is 31.4. The summed E-state index contributed by atoms with van der Waals surface area (Å²) in [5, 5.41) is 3.44. The Bertz CT molecular complexity index is 1330. The third-order valence-electron chi connectivity index (χ3n) is 6.29. The van der Waals surface area contributed by atoms with E-state index in [9.17, 15) is 18.0 Å². The fraction of sp³-hybridized carbons (Fsp3) is 0.310. The summed E-state index contributed by atoms with van der Waals surface area (Å²) in [6.45, 7) is 1.78. The first kappa shape index (κ1) is 30.1. The molecule has 1 N–H and O–H groups in total. The second-order valence-electron chi connectivity index (χ2n) is 9.23. The molecule has 0 radical (unpaired) electrons. The highest BCUT2D eigenvalue weighted by molar-refractivity contribution is 7.88. The van der Waals surface area contributed by atoms with Gasteiger partial charge >= 0.3 is 0 Å². The van der Waals surface area contributed by atoms with Gasteiger partial charge in [0.15, 0.2) is 0 Å².